The molecule has 2 aromatic carbocycles. The molecule has 1 aliphatic carbocycles. The number of ketones is 1. The third-order valence-electron chi connectivity index (χ3n) is 4.94. The fraction of sp³-hybridized carbons (Fsp3) is 0.227. The summed E-state index contributed by atoms with van der Waals surface area (Å²) in [7, 11) is 0. The number of hydrogen-bond donors (Lipinski definition) is 2. The molecule has 3 nitrogen and oxygen atoms in total. The van der Waals surface area contributed by atoms with Gasteiger partial charge in [-0.05, 0) is 36.0 Å². The van der Waals surface area contributed by atoms with Gasteiger partial charge in [-0.3, -0.25) is 4.79 Å². The minimum atomic E-state index is 0.217. The average molecular weight is 330 g/mol. The number of para-hydroxylation sites is 1. The van der Waals surface area contributed by atoms with Crippen molar-refractivity contribution in [3.05, 3.63) is 83.7 Å². The van der Waals surface area contributed by atoms with Gasteiger partial charge >= 0.3 is 0 Å². The summed E-state index contributed by atoms with van der Waals surface area (Å²) < 4.78 is 0. The lowest BCUT2D eigenvalue weighted by Gasteiger charge is -2.23. The Hall–Kier alpha value is -2.81. The zero-order chi connectivity index (χ0) is 17.1. The lowest BCUT2D eigenvalue weighted by atomic mass is 9.85. The first-order chi connectivity index (χ1) is 12.3. The number of carbonyl (C=O) groups excluding carboxylic acids is 1. The zero-order valence-corrected chi connectivity index (χ0v) is 14.2. The normalized spacial score (nSPS) is 17.5. The highest BCUT2D eigenvalue weighted by atomic mass is 16.1. The number of benzene rings is 2. The lowest BCUT2D eigenvalue weighted by molar-refractivity contribution is -0.115. The number of aromatic amines is 1. The second kappa shape index (κ2) is 6.98. The van der Waals surface area contributed by atoms with Crippen LogP contribution in [0, 0.1) is 0 Å². The topological polar surface area (TPSA) is 44.9 Å². The van der Waals surface area contributed by atoms with Crippen LogP contribution >= 0.6 is 0 Å². The van der Waals surface area contributed by atoms with Gasteiger partial charge in [0.05, 0.1) is 0 Å². The summed E-state index contributed by atoms with van der Waals surface area (Å²) in [5, 5.41) is 4.76. The standard InChI is InChI=1S/C22H22N2O/c25-20-13-18(16-6-2-1-3-7-16)12-19(14-20)23-11-10-17-15-24-22-9-5-4-8-21(17)22/h1-9,14-15,18,23-24H,10-13H2/t18-/m1/s1. The number of H-pyrrole nitrogens is 1. The SMILES string of the molecule is O=C1C=C(NCCc2c[nH]c3ccccc23)C[C@@H](c2ccccc2)C1. The molecule has 1 heterocycles. The molecule has 1 aromatic heterocycles. The largest absolute Gasteiger partial charge is 0.388 e. The van der Waals surface area contributed by atoms with Crippen molar-refractivity contribution in [2.45, 2.75) is 25.2 Å². The molecule has 0 saturated heterocycles. The van der Waals surface area contributed by atoms with Crippen LogP contribution in [0.15, 0.2) is 72.6 Å². The fourth-order valence-electron chi connectivity index (χ4n) is 3.67. The second-order valence-corrected chi connectivity index (χ2v) is 6.69. The van der Waals surface area contributed by atoms with Crippen molar-refractivity contribution in [1.29, 1.82) is 0 Å². The van der Waals surface area contributed by atoms with Gasteiger partial charge in [-0.15, -0.1) is 0 Å². The van der Waals surface area contributed by atoms with E-state index in [-0.39, 0.29) is 11.7 Å². The molecule has 0 spiro atoms. The minimum Gasteiger partial charge on any atom is -0.388 e. The van der Waals surface area contributed by atoms with Crippen LogP contribution in [0.1, 0.15) is 29.9 Å². The maximum absolute atomic E-state index is 12.1. The fourth-order valence-corrected chi connectivity index (χ4v) is 3.67. The molecule has 0 fully saturated rings. The Morgan fingerprint density at radius 2 is 1.80 bits per heavy atom. The monoisotopic (exact) mass is 330 g/mol. The maximum Gasteiger partial charge on any atom is 0.158 e. The van der Waals surface area contributed by atoms with E-state index in [0.717, 1.165) is 25.1 Å². The van der Waals surface area contributed by atoms with Gasteiger partial charge in [0, 0.05) is 41.8 Å². The van der Waals surface area contributed by atoms with Crippen molar-refractivity contribution in [2.24, 2.45) is 0 Å². The number of rotatable bonds is 5. The van der Waals surface area contributed by atoms with E-state index in [1.807, 2.05) is 24.3 Å². The molecule has 0 unspecified atom stereocenters. The number of nitrogens with one attached hydrogen (secondary N) is 2. The third-order valence-corrected chi connectivity index (χ3v) is 4.94. The van der Waals surface area contributed by atoms with Crippen molar-refractivity contribution < 1.29 is 4.79 Å². The Labute approximate surface area is 147 Å². The predicted octanol–water partition coefficient (Wildman–Crippen LogP) is 4.33. The van der Waals surface area contributed by atoms with Crippen LogP contribution in [0.4, 0.5) is 0 Å². The Morgan fingerprint density at radius 3 is 2.68 bits per heavy atom. The highest BCUT2D eigenvalue weighted by molar-refractivity contribution is 5.92. The number of aromatic nitrogens is 1. The Balaban J connectivity index is 1.40. The predicted molar refractivity (Wildman–Crippen MR) is 102 cm³/mol. The molecular formula is C22H22N2O. The van der Waals surface area contributed by atoms with Crippen molar-refractivity contribution in [3.8, 4) is 0 Å². The first-order valence-electron chi connectivity index (χ1n) is 8.87. The van der Waals surface area contributed by atoms with Gasteiger partial charge in [-0.2, -0.15) is 0 Å². The van der Waals surface area contributed by atoms with Crippen LogP contribution < -0.4 is 5.32 Å². The molecule has 0 aliphatic heterocycles. The van der Waals surface area contributed by atoms with E-state index in [0.29, 0.717) is 6.42 Å². The molecule has 4 rings (SSSR count). The molecule has 126 valence electrons. The molecule has 25 heavy (non-hydrogen) atoms. The smallest absolute Gasteiger partial charge is 0.158 e. The van der Waals surface area contributed by atoms with Gasteiger partial charge in [-0.1, -0.05) is 48.5 Å². The molecule has 3 heteroatoms. The summed E-state index contributed by atoms with van der Waals surface area (Å²) in [6.45, 7) is 0.836. The molecule has 2 N–H and O–H groups in total. The molecule has 1 aliphatic rings. The molecule has 0 saturated carbocycles. The zero-order valence-electron chi connectivity index (χ0n) is 14.2. The van der Waals surface area contributed by atoms with Gasteiger partial charge in [0.15, 0.2) is 5.78 Å². The average Bonchev–Trinajstić information content (AvgIpc) is 3.05. The molecule has 1 atom stereocenters. The Morgan fingerprint density at radius 1 is 1.00 bits per heavy atom. The van der Waals surface area contributed by atoms with Crippen LogP contribution in [0.3, 0.4) is 0 Å². The highest BCUT2D eigenvalue weighted by Gasteiger charge is 2.21. The summed E-state index contributed by atoms with van der Waals surface area (Å²) in [4.78, 5) is 15.4. The summed E-state index contributed by atoms with van der Waals surface area (Å²) in [6.07, 6.45) is 6.32. The second-order valence-electron chi connectivity index (χ2n) is 6.69. The first kappa shape index (κ1) is 15.7. The van der Waals surface area contributed by atoms with Crippen LogP contribution in [0.25, 0.3) is 10.9 Å². The van der Waals surface area contributed by atoms with Gasteiger partial charge in [0.25, 0.3) is 0 Å². The molecule has 0 amide bonds. The first-order valence-corrected chi connectivity index (χ1v) is 8.87. The maximum atomic E-state index is 12.1. The van der Waals surface area contributed by atoms with Crippen molar-refractivity contribution >= 4 is 16.7 Å². The van der Waals surface area contributed by atoms with E-state index in [4.69, 9.17) is 0 Å². The third kappa shape index (κ3) is 3.50. The van der Waals surface area contributed by atoms with Gasteiger partial charge < -0.3 is 10.3 Å². The quantitative estimate of drug-likeness (QED) is 0.731. The number of carbonyl (C=O) groups is 1. The Kier molecular flexibility index (Phi) is 4.38. The van der Waals surface area contributed by atoms with E-state index < -0.39 is 0 Å². The number of fused-ring (bicyclic) bond motifs is 1. The van der Waals surface area contributed by atoms with E-state index >= 15 is 0 Å². The summed E-state index contributed by atoms with van der Waals surface area (Å²) in [6, 6.07) is 18.7. The van der Waals surface area contributed by atoms with Gasteiger partial charge in [0.1, 0.15) is 0 Å². The molecule has 0 bridgehead atoms. The van der Waals surface area contributed by atoms with Crippen LogP contribution in [0.2, 0.25) is 0 Å². The van der Waals surface area contributed by atoms with Crippen molar-refractivity contribution in [3.63, 3.8) is 0 Å². The van der Waals surface area contributed by atoms with Crippen molar-refractivity contribution in [2.75, 3.05) is 6.54 Å². The van der Waals surface area contributed by atoms with Crippen LogP contribution in [-0.2, 0) is 11.2 Å². The lowest BCUT2D eigenvalue weighted by Crippen LogP contribution is -2.23. The molecule has 0 radical (unpaired) electrons. The van der Waals surface area contributed by atoms with E-state index in [9.17, 15) is 4.79 Å². The molecular weight excluding hydrogens is 308 g/mol. The van der Waals surface area contributed by atoms with Gasteiger partial charge in [0.2, 0.25) is 0 Å². The minimum absolute atomic E-state index is 0.217. The van der Waals surface area contributed by atoms with E-state index in [1.165, 1.54) is 22.0 Å². The van der Waals surface area contributed by atoms with Crippen LogP contribution in [-0.4, -0.2) is 17.3 Å². The highest BCUT2D eigenvalue weighted by Crippen LogP contribution is 2.30. The van der Waals surface area contributed by atoms with Crippen molar-refractivity contribution in [1.82, 2.24) is 10.3 Å². The molecule has 3 aromatic rings. The number of allylic oxidation sites excluding steroid dienone is 2. The number of hydrogen-bond acceptors (Lipinski definition) is 2. The van der Waals surface area contributed by atoms with Crippen LogP contribution in [0.5, 0.6) is 0 Å². The Bertz CT molecular complexity index is 908. The summed E-state index contributed by atoms with van der Waals surface area (Å²) in [5.74, 6) is 0.504. The van der Waals surface area contributed by atoms with Gasteiger partial charge in [-0.25, -0.2) is 0 Å². The van der Waals surface area contributed by atoms with E-state index in [1.54, 1.807) is 6.08 Å². The summed E-state index contributed by atoms with van der Waals surface area (Å²) in [5.41, 5.74) is 4.80. The summed E-state index contributed by atoms with van der Waals surface area (Å²) >= 11 is 0. The van der Waals surface area contributed by atoms with E-state index in [2.05, 4.69) is 46.8 Å².